The first-order chi connectivity index (χ1) is 13.1. The van der Waals surface area contributed by atoms with E-state index in [1.807, 2.05) is 37.3 Å². The summed E-state index contributed by atoms with van der Waals surface area (Å²) in [5, 5.41) is 3.33. The average Bonchev–Trinajstić information content (AvgIpc) is 3.07. The van der Waals surface area contributed by atoms with Crippen molar-refractivity contribution in [1.82, 2.24) is 4.98 Å². The lowest BCUT2D eigenvalue weighted by Crippen LogP contribution is -2.07. The van der Waals surface area contributed by atoms with Crippen molar-refractivity contribution in [3.63, 3.8) is 0 Å². The summed E-state index contributed by atoms with van der Waals surface area (Å²) in [7, 11) is 3.16. The highest BCUT2D eigenvalue weighted by Gasteiger charge is 2.08. The molecule has 0 atom stereocenters. The first-order valence-electron chi connectivity index (χ1n) is 8.37. The van der Waals surface area contributed by atoms with E-state index in [0.717, 1.165) is 21.5 Å². The van der Waals surface area contributed by atoms with Crippen molar-refractivity contribution in [3.05, 3.63) is 48.0 Å². The molecule has 1 amide bonds. The molecule has 0 aliphatic heterocycles. The number of nitrogens with zero attached hydrogens (tertiary/aromatic N) is 1. The van der Waals surface area contributed by atoms with E-state index in [-0.39, 0.29) is 5.91 Å². The number of nitrogens with one attached hydrogen (secondary N) is 1. The second-order valence-corrected chi connectivity index (χ2v) is 6.54. The topological polar surface area (TPSA) is 69.7 Å². The van der Waals surface area contributed by atoms with Crippen molar-refractivity contribution in [1.29, 1.82) is 0 Å². The summed E-state index contributed by atoms with van der Waals surface area (Å²) in [4.78, 5) is 16.7. The zero-order valence-electron chi connectivity index (χ0n) is 15.3. The monoisotopic (exact) mass is 384 g/mol. The van der Waals surface area contributed by atoms with Crippen LogP contribution in [0.15, 0.2) is 42.5 Å². The highest BCUT2D eigenvalue weighted by Crippen LogP contribution is 2.29. The molecule has 27 heavy (non-hydrogen) atoms. The number of rotatable bonds is 7. The Balaban J connectivity index is 1.72. The number of hydrogen-bond acceptors (Lipinski definition) is 6. The number of fused-ring (bicyclic) bond motifs is 1. The molecule has 0 radical (unpaired) electrons. The first kappa shape index (κ1) is 18.7. The van der Waals surface area contributed by atoms with Gasteiger partial charge in [0.1, 0.15) is 17.2 Å². The van der Waals surface area contributed by atoms with Gasteiger partial charge in [-0.15, -0.1) is 0 Å². The Bertz CT molecular complexity index is 981. The Labute approximate surface area is 161 Å². The van der Waals surface area contributed by atoms with Gasteiger partial charge in [0.15, 0.2) is 5.13 Å². The van der Waals surface area contributed by atoms with E-state index < -0.39 is 0 Å². The minimum absolute atomic E-state index is 0.267. The molecule has 0 saturated heterocycles. The zero-order valence-corrected chi connectivity index (χ0v) is 16.1. The third-order valence-corrected chi connectivity index (χ3v) is 4.69. The number of benzene rings is 2. The van der Waals surface area contributed by atoms with Crippen LogP contribution < -0.4 is 19.5 Å². The number of thiazole rings is 1. The second kappa shape index (κ2) is 8.55. The molecule has 0 spiro atoms. The van der Waals surface area contributed by atoms with Gasteiger partial charge < -0.3 is 14.2 Å². The molecular formula is C20H20N2O4S. The molecular weight excluding hydrogens is 364 g/mol. The van der Waals surface area contributed by atoms with Gasteiger partial charge in [-0.1, -0.05) is 11.3 Å². The van der Waals surface area contributed by atoms with Gasteiger partial charge in [0.2, 0.25) is 5.91 Å². The normalized spacial score (nSPS) is 10.9. The summed E-state index contributed by atoms with van der Waals surface area (Å²) >= 11 is 1.40. The summed E-state index contributed by atoms with van der Waals surface area (Å²) in [6.45, 7) is 2.54. The van der Waals surface area contributed by atoms with E-state index in [9.17, 15) is 4.79 Å². The molecule has 7 heteroatoms. The lowest BCUT2D eigenvalue weighted by atomic mass is 10.1. The molecule has 140 valence electrons. The summed E-state index contributed by atoms with van der Waals surface area (Å²) in [5.74, 6) is 1.84. The van der Waals surface area contributed by atoms with E-state index in [1.165, 1.54) is 17.4 Å². The van der Waals surface area contributed by atoms with Crippen molar-refractivity contribution >= 4 is 38.7 Å². The molecule has 0 unspecified atom stereocenters. The van der Waals surface area contributed by atoms with Crippen molar-refractivity contribution in [2.45, 2.75) is 6.92 Å². The third kappa shape index (κ3) is 4.57. The molecule has 6 nitrogen and oxygen atoms in total. The van der Waals surface area contributed by atoms with Crippen LogP contribution in [-0.4, -0.2) is 31.7 Å². The number of hydrogen-bond donors (Lipinski definition) is 1. The zero-order chi connectivity index (χ0) is 19.2. The van der Waals surface area contributed by atoms with Gasteiger partial charge in [-0.25, -0.2) is 4.98 Å². The molecule has 2 aromatic carbocycles. The third-order valence-electron chi connectivity index (χ3n) is 3.76. The Morgan fingerprint density at radius 1 is 1.15 bits per heavy atom. The minimum atomic E-state index is -0.267. The number of ether oxygens (including phenoxy) is 3. The van der Waals surface area contributed by atoms with Gasteiger partial charge in [0.25, 0.3) is 0 Å². The maximum absolute atomic E-state index is 12.2. The fourth-order valence-corrected chi connectivity index (χ4v) is 3.38. The molecule has 0 bridgehead atoms. The minimum Gasteiger partial charge on any atom is -0.497 e. The smallest absolute Gasteiger partial charge is 0.250 e. The summed E-state index contributed by atoms with van der Waals surface area (Å²) in [6, 6.07) is 11.1. The van der Waals surface area contributed by atoms with Gasteiger partial charge >= 0.3 is 0 Å². The molecule has 3 aromatic rings. The number of carbonyl (C=O) groups excluding carboxylic acids is 1. The second-order valence-electron chi connectivity index (χ2n) is 5.51. The van der Waals surface area contributed by atoms with Gasteiger partial charge in [-0.3, -0.25) is 10.1 Å². The fourth-order valence-electron chi connectivity index (χ4n) is 2.48. The SMILES string of the molecule is CCOc1ccc2nc(NC(=O)/C=C/c3ccc(OC)cc3OC)sc2c1. The molecule has 0 saturated carbocycles. The maximum Gasteiger partial charge on any atom is 0.250 e. The standard InChI is InChI=1S/C20H20N2O4S/c1-4-26-15-8-9-16-18(12-15)27-20(21-16)22-19(23)10-6-13-5-7-14(24-2)11-17(13)25-3/h5-12H,4H2,1-3H3,(H,21,22,23)/b10-6+. The summed E-state index contributed by atoms with van der Waals surface area (Å²) < 4.78 is 16.9. The van der Waals surface area contributed by atoms with Crippen molar-refractivity contribution in [2.24, 2.45) is 0 Å². The van der Waals surface area contributed by atoms with Crippen LogP contribution >= 0.6 is 11.3 Å². The number of amides is 1. The van der Waals surface area contributed by atoms with E-state index >= 15 is 0 Å². The molecule has 1 heterocycles. The van der Waals surface area contributed by atoms with Crippen LogP contribution in [0.2, 0.25) is 0 Å². The number of methoxy groups -OCH3 is 2. The van der Waals surface area contributed by atoms with Crippen LogP contribution in [0.4, 0.5) is 5.13 Å². The van der Waals surface area contributed by atoms with E-state index in [1.54, 1.807) is 26.4 Å². The summed E-state index contributed by atoms with van der Waals surface area (Å²) in [5.41, 5.74) is 1.60. The Morgan fingerprint density at radius 3 is 2.70 bits per heavy atom. The van der Waals surface area contributed by atoms with Crippen molar-refractivity contribution in [3.8, 4) is 17.2 Å². The largest absolute Gasteiger partial charge is 0.497 e. The van der Waals surface area contributed by atoms with Gasteiger partial charge in [-0.2, -0.15) is 0 Å². The lowest BCUT2D eigenvalue weighted by molar-refractivity contribution is -0.111. The van der Waals surface area contributed by atoms with Gasteiger partial charge in [0, 0.05) is 17.7 Å². The van der Waals surface area contributed by atoms with Crippen LogP contribution in [0, 0.1) is 0 Å². The van der Waals surface area contributed by atoms with Gasteiger partial charge in [-0.05, 0) is 43.3 Å². The molecule has 0 aliphatic carbocycles. The number of aromatic nitrogens is 1. The van der Waals surface area contributed by atoms with Crippen molar-refractivity contribution in [2.75, 3.05) is 26.1 Å². The van der Waals surface area contributed by atoms with E-state index in [2.05, 4.69) is 10.3 Å². The van der Waals surface area contributed by atoms with Crippen LogP contribution in [0.25, 0.3) is 16.3 Å². The van der Waals surface area contributed by atoms with Crippen LogP contribution in [0.5, 0.6) is 17.2 Å². The molecule has 3 rings (SSSR count). The number of carbonyl (C=O) groups is 1. The molecule has 1 aromatic heterocycles. The molecule has 1 N–H and O–H groups in total. The maximum atomic E-state index is 12.2. The highest BCUT2D eigenvalue weighted by molar-refractivity contribution is 7.22. The Morgan fingerprint density at radius 2 is 1.96 bits per heavy atom. The predicted molar refractivity (Wildman–Crippen MR) is 108 cm³/mol. The molecule has 0 fully saturated rings. The van der Waals surface area contributed by atoms with Crippen LogP contribution in [0.3, 0.4) is 0 Å². The van der Waals surface area contributed by atoms with E-state index in [4.69, 9.17) is 14.2 Å². The Kier molecular flexibility index (Phi) is 5.93. The van der Waals surface area contributed by atoms with Crippen LogP contribution in [-0.2, 0) is 4.79 Å². The quantitative estimate of drug-likeness (QED) is 0.613. The Hall–Kier alpha value is -3.06. The summed E-state index contributed by atoms with van der Waals surface area (Å²) in [6.07, 6.45) is 3.14. The highest BCUT2D eigenvalue weighted by atomic mass is 32.1. The average molecular weight is 384 g/mol. The van der Waals surface area contributed by atoms with Crippen molar-refractivity contribution < 1.29 is 19.0 Å². The molecule has 0 aliphatic rings. The fraction of sp³-hybridized carbons (Fsp3) is 0.200. The van der Waals surface area contributed by atoms with Gasteiger partial charge in [0.05, 0.1) is 31.0 Å². The van der Waals surface area contributed by atoms with E-state index in [0.29, 0.717) is 23.2 Å². The first-order valence-corrected chi connectivity index (χ1v) is 9.19. The van der Waals surface area contributed by atoms with Crippen LogP contribution in [0.1, 0.15) is 12.5 Å². The number of anilines is 1. The lowest BCUT2D eigenvalue weighted by Gasteiger charge is -2.07. The predicted octanol–water partition coefficient (Wildman–Crippen LogP) is 4.36.